The van der Waals surface area contributed by atoms with E-state index in [1.807, 2.05) is 13.0 Å². The molecule has 2 rings (SSSR count). The van der Waals surface area contributed by atoms with E-state index in [1.165, 1.54) is 12.1 Å². The van der Waals surface area contributed by atoms with E-state index in [0.717, 1.165) is 24.1 Å². The summed E-state index contributed by atoms with van der Waals surface area (Å²) in [5, 5.41) is 3.37. The van der Waals surface area contributed by atoms with Crippen molar-refractivity contribution >= 4 is 0 Å². The van der Waals surface area contributed by atoms with Gasteiger partial charge in [-0.3, -0.25) is 4.98 Å². The third-order valence-electron chi connectivity index (χ3n) is 3.25. The van der Waals surface area contributed by atoms with E-state index in [4.69, 9.17) is 0 Å². The van der Waals surface area contributed by atoms with E-state index in [2.05, 4.69) is 17.2 Å². The molecule has 1 N–H and O–H groups in total. The standard InChI is InChI=1S/C16H18F2N2/c1-3-7-20-16(13-6-8-19-10-11(13)2)12-4-5-14(17)15(18)9-12/h4-6,8-10,16,20H,3,7H2,1-2H3. The number of aromatic nitrogens is 1. The molecule has 0 aliphatic heterocycles. The number of nitrogens with one attached hydrogen (secondary N) is 1. The Morgan fingerprint density at radius 2 is 2.00 bits per heavy atom. The topological polar surface area (TPSA) is 24.9 Å². The van der Waals surface area contributed by atoms with Crippen LogP contribution in [0.15, 0.2) is 36.7 Å². The molecule has 0 fully saturated rings. The molecule has 0 aliphatic carbocycles. The zero-order chi connectivity index (χ0) is 14.5. The highest BCUT2D eigenvalue weighted by molar-refractivity contribution is 5.35. The lowest BCUT2D eigenvalue weighted by Crippen LogP contribution is -2.24. The Labute approximate surface area is 117 Å². The van der Waals surface area contributed by atoms with Crippen molar-refractivity contribution in [1.29, 1.82) is 0 Å². The smallest absolute Gasteiger partial charge is 0.159 e. The first kappa shape index (κ1) is 14.6. The summed E-state index contributed by atoms with van der Waals surface area (Å²) >= 11 is 0. The second kappa shape index (κ2) is 6.57. The Balaban J connectivity index is 2.41. The minimum atomic E-state index is -0.825. The number of aryl methyl sites for hydroxylation is 1. The number of pyridine rings is 1. The SMILES string of the molecule is CCCNC(c1ccc(F)c(F)c1)c1ccncc1C. The van der Waals surface area contributed by atoms with E-state index in [1.54, 1.807) is 18.5 Å². The fraction of sp³-hybridized carbons (Fsp3) is 0.312. The molecule has 0 saturated heterocycles. The van der Waals surface area contributed by atoms with Crippen molar-refractivity contribution in [3.8, 4) is 0 Å². The van der Waals surface area contributed by atoms with Crippen LogP contribution in [0.25, 0.3) is 0 Å². The van der Waals surface area contributed by atoms with Gasteiger partial charge >= 0.3 is 0 Å². The first-order valence-corrected chi connectivity index (χ1v) is 6.72. The average molecular weight is 276 g/mol. The predicted octanol–water partition coefficient (Wildman–Crippen LogP) is 3.76. The molecule has 0 bridgehead atoms. The molecule has 1 unspecified atom stereocenters. The van der Waals surface area contributed by atoms with Crippen LogP contribution in [0.4, 0.5) is 8.78 Å². The molecule has 0 spiro atoms. The fourth-order valence-corrected chi connectivity index (χ4v) is 2.20. The molecule has 1 atom stereocenters. The van der Waals surface area contributed by atoms with Gasteiger partial charge in [-0.05, 0) is 54.8 Å². The lowest BCUT2D eigenvalue weighted by molar-refractivity contribution is 0.503. The first-order chi connectivity index (χ1) is 9.63. The maximum atomic E-state index is 13.5. The Morgan fingerprint density at radius 3 is 2.65 bits per heavy atom. The van der Waals surface area contributed by atoms with Crippen molar-refractivity contribution in [3.63, 3.8) is 0 Å². The minimum absolute atomic E-state index is 0.159. The van der Waals surface area contributed by atoms with Gasteiger partial charge in [-0.1, -0.05) is 13.0 Å². The molecule has 0 saturated carbocycles. The van der Waals surface area contributed by atoms with Crippen LogP contribution in [0.5, 0.6) is 0 Å². The quantitative estimate of drug-likeness (QED) is 0.899. The van der Waals surface area contributed by atoms with Crippen LogP contribution in [0.1, 0.15) is 36.1 Å². The van der Waals surface area contributed by atoms with Gasteiger partial charge in [-0.15, -0.1) is 0 Å². The predicted molar refractivity (Wildman–Crippen MR) is 75.5 cm³/mol. The Kier molecular flexibility index (Phi) is 4.79. The summed E-state index contributed by atoms with van der Waals surface area (Å²) in [6.45, 7) is 4.82. The summed E-state index contributed by atoms with van der Waals surface area (Å²) in [6, 6.07) is 5.79. The Bertz CT molecular complexity index is 584. The van der Waals surface area contributed by atoms with Crippen LogP contribution in [0, 0.1) is 18.6 Å². The van der Waals surface area contributed by atoms with Gasteiger partial charge < -0.3 is 5.32 Å². The lowest BCUT2D eigenvalue weighted by atomic mass is 9.96. The monoisotopic (exact) mass is 276 g/mol. The van der Waals surface area contributed by atoms with Crippen molar-refractivity contribution in [2.75, 3.05) is 6.54 Å². The lowest BCUT2D eigenvalue weighted by Gasteiger charge is -2.21. The summed E-state index contributed by atoms with van der Waals surface area (Å²) in [5.74, 6) is -1.65. The summed E-state index contributed by atoms with van der Waals surface area (Å²) in [5.41, 5.74) is 2.76. The fourth-order valence-electron chi connectivity index (χ4n) is 2.20. The zero-order valence-electron chi connectivity index (χ0n) is 11.7. The summed E-state index contributed by atoms with van der Waals surface area (Å²) in [4.78, 5) is 4.07. The van der Waals surface area contributed by atoms with Crippen LogP contribution in [0.2, 0.25) is 0 Å². The van der Waals surface area contributed by atoms with Crippen molar-refractivity contribution in [2.24, 2.45) is 0 Å². The largest absolute Gasteiger partial charge is 0.306 e. The van der Waals surface area contributed by atoms with Gasteiger partial charge in [0.1, 0.15) is 0 Å². The van der Waals surface area contributed by atoms with E-state index in [0.29, 0.717) is 5.56 Å². The molecule has 0 amide bonds. The Morgan fingerprint density at radius 1 is 1.20 bits per heavy atom. The highest BCUT2D eigenvalue weighted by Gasteiger charge is 2.17. The van der Waals surface area contributed by atoms with Crippen LogP contribution in [0.3, 0.4) is 0 Å². The van der Waals surface area contributed by atoms with Crippen molar-refractivity contribution < 1.29 is 8.78 Å². The normalized spacial score (nSPS) is 12.4. The minimum Gasteiger partial charge on any atom is -0.306 e. The van der Waals surface area contributed by atoms with E-state index >= 15 is 0 Å². The zero-order valence-corrected chi connectivity index (χ0v) is 11.7. The van der Waals surface area contributed by atoms with Crippen molar-refractivity contribution in [2.45, 2.75) is 26.3 Å². The first-order valence-electron chi connectivity index (χ1n) is 6.72. The van der Waals surface area contributed by atoms with Gasteiger partial charge in [-0.2, -0.15) is 0 Å². The number of nitrogens with zero attached hydrogens (tertiary/aromatic N) is 1. The molecule has 1 aromatic heterocycles. The summed E-state index contributed by atoms with van der Waals surface area (Å²) in [7, 11) is 0. The molecular formula is C16H18F2N2. The molecule has 2 aromatic rings. The van der Waals surface area contributed by atoms with E-state index in [-0.39, 0.29) is 6.04 Å². The molecule has 1 heterocycles. The van der Waals surface area contributed by atoms with Gasteiger partial charge in [0.05, 0.1) is 6.04 Å². The second-order valence-corrected chi connectivity index (χ2v) is 4.79. The summed E-state index contributed by atoms with van der Waals surface area (Å²) in [6.07, 6.45) is 4.45. The van der Waals surface area contributed by atoms with Crippen LogP contribution in [-0.4, -0.2) is 11.5 Å². The van der Waals surface area contributed by atoms with Gasteiger partial charge in [0.25, 0.3) is 0 Å². The highest BCUT2D eigenvalue weighted by atomic mass is 19.2. The second-order valence-electron chi connectivity index (χ2n) is 4.79. The number of benzene rings is 1. The third-order valence-corrected chi connectivity index (χ3v) is 3.25. The van der Waals surface area contributed by atoms with E-state index in [9.17, 15) is 8.78 Å². The Hall–Kier alpha value is -1.81. The molecule has 106 valence electrons. The van der Waals surface area contributed by atoms with Crippen molar-refractivity contribution in [1.82, 2.24) is 10.3 Å². The van der Waals surface area contributed by atoms with Gasteiger partial charge in [0.2, 0.25) is 0 Å². The molecule has 4 heteroatoms. The summed E-state index contributed by atoms with van der Waals surface area (Å²) < 4.78 is 26.6. The molecule has 0 radical (unpaired) electrons. The molecule has 20 heavy (non-hydrogen) atoms. The highest BCUT2D eigenvalue weighted by Crippen LogP contribution is 2.25. The van der Waals surface area contributed by atoms with Gasteiger partial charge in [0.15, 0.2) is 11.6 Å². The molecule has 1 aromatic carbocycles. The number of hydrogen-bond donors (Lipinski definition) is 1. The van der Waals surface area contributed by atoms with Gasteiger partial charge in [0, 0.05) is 12.4 Å². The molecular weight excluding hydrogens is 258 g/mol. The molecule has 2 nitrogen and oxygen atoms in total. The van der Waals surface area contributed by atoms with Gasteiger partial charge in [-0.25, -0.2) is 8.78 Å². The third kappa shape index (κ3) is 3.20. The number of hydrogen-bond acceptors (Lipinski definition) is 2. The average Bonchev–Trinajstić information content (AvgIpc) is 2.44. The maximum absolute atomic E-state index is 13.5. The number of rotatable bonds is 5. The van der Waals surface area contributed by atoms with Crippen LogP contribution in [-0.2, 0) is 0 Å². The van der Waals surface area contributed by atoms with Crippen LogP contribution < -0.4 is 5.32 Å². The van der Waals surface area contributed by atoms with E-state index < -0.39 is 11.6 Å². The molecule has 0 aliphatic rings. The maximum Gasteiger partial charge on any atom is 0.159 e. The number of halogens is 2. The van der Waals surface area contributed by atoms with Crippen LogP contribution >= 0.6 is 0 Å². The van der Waals surface area contributed by atoms with Crippen molar-refractivity contribution in [3.05, 3.63) is 65.0 Å².